The summed E-state index contributed by atoms with van der Waals surface area (Å²) < 4.78 is 12.8. The van der Waals surface area contributed by atoms with Gasteiger partial charge >= 0.3 is 0 Å². The lowest BCUT2D eigenvalue weighted by Crippen LogP contribution is -2.39. The highest BCUT2D eigenvalue weighted by molar-refractivity contribution is 6.30. The quantitative estimate of drug-likeness (QED) is 0.533. The van der Waals surface area contributed by atoms with Crippen LogP contribution >= 0.6 is 11.6 Å². The van der Waals surface area contributed by atoms with Crippen molar-refractivity contribution in [1.82, 2.24) is 19.6 Å². The molecule has 1 fully saturated rings. The number of rotatable bonds is 7. The molecule has 0 atom stereocenters. The number of methoxy groups -OCH3 is 1. The first-order valence-corrected chi connectivity index (χ1v) is 9.34. The molecule has 1 amide bonds. The third-order valence-electron chi connectivity index (χ3n) is 4.74. The van der Waals surface area contributed by atoms with Gasteiger partial charge in [0.15, 0.2) is 5.65 Å². The monoisotopic (exact) mass is 417 g/mol. The molecule has 29 heavy (non-hydrogen) atoms. The number of anilines is 3. The molecule has 1 saturated carbocycles. The number of pyridine rings is 1. The maximum absolute atomic E-state index is 11.7. The second-order valence-corrected chi connectivity index (χ2v) is 7.07. The van der Waals surface area contributed by atoms with Crippen LogP contribution < -0.4 is 21.1 Å². The summed E-state index contributed by atoms with van der Waals surface area (Å²) in [6, 6.07) is 3.44. The molecule has 0 saturated heterocycles. The summed E-state index contributed by atoms with van der Waals surface area (Å²) in [4.78, 5) is 20.5. The number of hydrogen-bond acceptors (Lipinski definition) is 8. The summed E-state index contributed by atoms with van der Waals surface area (Å²) in [5.74, 6) is 0.856. The predicted molar refractivity (Wildman–Crippen MR) is 108 cm³/mol. The van der Waals surface area contributed by atoms with Crippen molar-refractivity contribution >= 4 is 40.5 Å². The first-order chi connectivity index (χ1) is 14.0. The fraction of sp³-hybridized carbons (Fsp3) is 0.333. The van der Waals surface area contributed by atoms with Crippen LogP contribution in [0.15, 0.2) is 24.5 Å². The Morgan fingerprint density at radius 1 is 1.31 bits per heavy atom. The molecule has 0 aliphatic heterocycles. The molecule has 152 valence electrons. The van der Waals surface area contributed by atoms with Crippen LogP contribution in [0, 0.1) is 0 Å². The molecule has 3 aromatic heterocycles. The zero-order valence-electron chi connectivity index (χ0n) is 15.8. The zero-order valence-corrected chi connectivity index (χ0v) is 16.6. The summed E-state index contributed by atoms with van der Waals surface area (Å²) in [6.45, 7) is 0. The van der Waals surface area contributed by atoms with E-state index in [-0.39, 0.29) is 17.8 Å². The average molecular weight is 418 g/mol. The van der Waals surface area contributed by atoms with Crippen molar-refractivity contribution in [2.24, 2.45) is 5.73 Å². The lowest BCUT2D eigenvalue weighted by molar-refractivity contribution is -0.0393. The molecule has 4 N–H and O–H groups in total. The molecule has 3 aromatic rings. The molecule has 10 nitrogen and oxygen atoms in total. The Bertz CT molecular complexity index is 1070. The van der Waals surface area contributed by atoms with Crippen LogP contribution in [0.1, 0.15) is 23.2 Å². The van der Waals surface area contributed by atoms with Crippen molar-refractivity contribution in [2.45, 2.75) is 25.0 Å². The van der Waals surface area contributed by atoms with Crippen LogP contribution in [-0.4, -0.2) is 51.9 Å². The van der Waals surface area contributed by atoms with Gasteiger partial charge in [-0.1, -0.05) is 11.6 Å². The Balaban J connectivity index is 1.66. The van der Waals surface area contributed by atoms with E-state index in [2.05, 4.69) is 25.7 Å². The maximum atomic E-state index is 11.7. The summed E-state index contributed by atoms with van der Waals surface area (Å²) in [6.07, 6.45) is 4.73. The largest absolute Gasteiger partial charge is 0.473 e. The third kappa shape index (κ3) is 3.76. The topological polar surface area (TPSA) is 129 Å². The van der Waals surface area contributed by atoms with Gasteiger partial charge in [0.05, 0.1) is 17.3 Å². The molecule has 0 radical (unpaired) electrons. The molecule has 1 aliphatic carbocycles. The van der Waals surface area contributed by atoms with Gasteiger partial charge in [-0.2, -0.15) is 9.61 Å². The van der Waals surface area contributed by atoms with E-state index in [4.69, 9.17) is 26.8 Å². The Kier molecular flexibility index (Phi) is 5.12. The number of aromatic nitrogens is 4. The Labute approximate surface area is 171 Å². The number of nitrogens with zero attached hydrogens (tertiary/aromatic N) is 4. The minimum atomic E-state index is -0.613. The minimum Gasteiger partial charge on any atom is -0.473 e. The number of primary amides is 1. The SMILES string of the molecule is CNc1cc(Nc2cc(Cl)cnc2O[C@H]2C[C@H](OC)C2)nc2c(C(N)=O)cnn12. The number of fused-ring (bicyclic) bond motifs is 1. The Morgan fingerprint density at radius 3 is 2.79 bits per heavy atom. The Morgan fingerprint density at radius 2 is 2.10 bits per heavy atom. The minimum absolute atomic E-state index is 0.0220. The first kappa shape index (κ1) is 19.2. The van der Waals surface area contributed by atoms with Crippen molar-refractivity contribution in [2.75, 3.05) is 24.8 Å². The van der Waals surface area contributed by atoms with Gasteiger partial charge in [-0.25, -0.2) is 9.97 Å². The molecule has 1 aliphatic rings. The van der Waals surface area contributed by atoms with Crippen LogP contribution in [0.25, 0.3) is 5.65 Å². The van der Waals surface area contributed by atoms with E-state index in [0.29, 0.717) is 33.9 Å². The van der Waals surface area contributed by atoms with Gasteiger partial charge in [-0.3, -0.25) is 4.79 Å². The maximum Gasteiger partial charge on any atom is 0.254 e. The van der Waals surface area contributed by atoms with Crippen LogP contribution in [-0.2, 0) is 4.74 Å². The number of ether oxygens (including phenoxy) is 2. The second-order valence-electron chi connectivity index (χ2n) is 6.63. The molecule has 0 aromatic carbocycles. The van der Waals surface area contributed by atoms with Crippen molar-refractivity contribution in [1.29, 1.82) is 0 Å². The number of carbonyl (C=O) groups excluding carboxylic acids is 1. The highest BCUT2D eigenvalue weighted by Gasteiger charge is 2.31. The molecule has 11 heteroatoms. The van der Waals surface area contributed by atoms with Crippen molar-refractivity contribution in [3.8, 4) is 5.88 Å². The first-order valence-electron chi connectivity index (χ1n) is 8.97. The van der Waals surface area contributed by atoms with Crippen LogP contribution in [0.2, 0.25) is 5.02 Å². The number of halogens is 1. The second kappa shape index (κ2) is 7.72. The Hall–Kier alpha value is -3.11. The van der Waals surface area contributed by atoms with E-state index in [0.717, 1.165) is 12.8 Å². The van der Waals surface area contributed by atoms with Crippen molar-refractivity contribution < 1.29 is 14.3 Å². The number of nitrogens with two attached hydrogens (primary N) is 1. The van der Waals surface area contributed by atoms with Crippen molar-refractivity contribution in [3.05, 3.63) is 35.1 Å². The van der Waals surface area contributed by atoms with Crippen molar-refractivity contribution in [3.63, 3.8) is 0 Å². The average Bonchev–Trinajstić information content (AvgIpc) is 3.09. The summed E-state index contributed by atoms with van der Waals surface area (Å²) in [5.41, 5.74) is 6.52. The fourth-order valence-corrected chi connectivity index (χ4v) is 3.25. The normalized spacial score (nSPS) is 18.3. The summed E-state index contributed by atoms with van der Waals surface area (Å²) in [5, 5.41) is 10.8. The summed E-state index contributed by atoms with van der Waals surface area (Å²) in [7, 11) is 3.43. The van der Waals surface area contributed by atoms with E-state index < -0.39 is 5.91 Å². The lowest BCUT2D eigenvalue weighted by atomic mass is 9.92. The van der Waals surface area contributed by atoms with Crippen LogP contribution in [0.3, 0.4) is 0 Å². The highest BCUT2D eigenvalue weighted by Crippen LogP contribution is 2.33. The standard InChI is InChI=1S/C18H20ClN7O3/c1-21-15-6-14(25-17-12(16(20)27)8-23-26(15)17)24-13-3-9(19)7-22-18(13)29-11-4-10(5-11)28-2/h3,6-8,10-11,21H,4-5H2,1-2H3,(H2,20,27)(H,24,25)/t10-,11-. The molecular formula is C18H20ClN7O3. The molecular weight excluding hydrogens is 398 g/mol. The van der Waals surface area contributed by atoms with Gasteiger partial charge in [-0.05, 0) is 6.07 Å². The molecule has 4 rings (SSSR count). The number of amides is 1. The predicted octanol–water partition coefficient (Wildman–Crippen LogP) is 2.22. The lowest BCUT2D eigenvalue weighted by Gasteiger charge is -2.34. The molecule has 0 bridgehead atoms. The van der Waals surface area contributed by atoms with Gasteiger partial charge in [0.1, 0.15) is 29.0 Å². The van der Waals surface area contributed by atoms with E-state index in [1.165, 1.54) is 16.9 Å². The van der Waals surface area contributed by atoms with E-state index >= 15 is 0 Å². The summed E-state index contributed by atoms with van der Waals surface area (Å²) >= 11 is 6.13. The molecule has 3 heterocycles. The number of nitrogens with one attached hydrogen (secondary N) is 2. The highest BCUT2D eigenvalue weighted by atomic mass is 35.5. The van der Waals surface area contributed by atoms with E-state index in [9.17, 15) is 4.79 Å². The van der Waals surface area contributed by atoms with Gasteiger partial charge in [0.25, 0.3) is 5.91 Å². The third-order valence-corrected chi connectivity index (χ3v) is 4.94. The van der Waals surface area contributed by atoms with E-state index in [1.807, 2.05) is 0 Å². The van der Waals surface area contributed by atoms with E-state index in [1.54, 1.807) is 26.3 Å². The van der Waals surface area contributed by atoms with Gasteiger partial charge in [-0.15, -0.1) is 0 Å². The zero-order chi connectivity index (χ0) is 20.5. The number of hydrogen-bond donors (Lipinski definition) is 3. The van der Waals surface area contributed by atoms with Gasteiger partial charge < -0.3 is 25.8 Å². The molecule has 0 spiro atoms. The molecule has 0 unspecified atom stereocenters. The number of carbonyl (C=O) groups is 1. The van der Waals surface area contributed by atoms with Crippen LogP contribution in [0.5, 0.6) is 5.88 Å². The van der Waals surface area contributed by atoms with Crippen LogP contribution in [0.4, 0.5) is 17.3 Å². The fourth-order valence-electron chi connectivity index (χ4n) is 3.09. The smallest absolute Gasteiger partial charge is 0.254 e. The van der Waals surface area contributed by atoms with Gasteiger partial charge in [0.2, 0.25) is 5.88 Å². The van der Waals surface area contributed by atoms with Gasteiger partial charge in [0, 0.05) is 39.3 Å².